The number of anilines is 2. The molecule has 5 nitrogen and oxygen atoms in total. The molecule has 4 rings (SSSR count). The summed E-state index contributed by atoms with van der Waals surface area (Å²) in [5, 5.41) is 11.3. The van der Waals surface area contributed by atoms with Gasteiger partial charge in [0, 0.05) is 23.1 Å². The summed E-state index contributed by atoms with van der Waals surface area (Å²) < 4.78 is 32.7. The van der Waals surface area contributed by atoms with Gasteiger partial charge >= 0.3 is 0 Å². The maximum atomic E-state index is 13.7. The van der Waals surface area contributed by atoms with E-state index in [9.17, 15) is 8.78 Å². The lowest BCUT2D eigenvalue weighted by Gasteiger charge is -2.12. The molecule has 0 aliphatic rings. The molecule has 0 amide bonds. The van der Waals surface area contributed by atoms with Crippen molar-refractivity contribution in [3.8, 4) is 17.0 Å². The van der Waals surface area contributed by atoms with Gasteiger partial charge < -0.3 is 10.1 Å². The van der Waals surface area contributed by atoms with Gasteiger partial charge in [0.25, 0.3) is 0 Å². The first-order valence-electron chi connectivity index (χ1n) is 7.84. The molecule has 2 N–H and O–H groups in total. The fourth-order valence-corrected chi connectivity index (χ4v) is 2.80. The van der Waals surface area contributed by atoms with Crippen LogP contribution in [0.15, 0.2) is 54.7 Å². The predicted octanol–water partition coefficient (Wildman–Crippen LogP) is 4.66. The van der Waals surface area contributed by atoms with Gasteiger partial charge in [-0.1, -0.05) is 0 Å². The quantitative estimate of drug-likeness (QED) is 0.561. The molecule has 0 spiro atoms. The van der Waals surface area contributed by atoms with Crippen LogP contribution in [0.3, 0.4) is 0 Å². The number of H-pyrrole nitrogens is 1. The number of fused-ring (bicyclic) bond motifs is 1. The van der Waals surface area contributed by atoms with Gasteiger partial charge in [-0.05, 0) is 41.8 Å². The van der Waals surface area contributed by atoms with Gasteiger partial charge in [-0.3, -0.25) is 5.10 Å². The zero-order chi connectivity index (χ0) is 18.1. The van der Waals surface area contributed by atoms with Gasteiger partial charge in [0.1, 0.15) is 29.0 Å². The van der Waals surface area contributed by atoms with Gasteiger partial charge in [0.15, 0.2) is 0 Å². The molecule has 0 aliphatic carbocycles. The molecule has 0 bridgehead atoms. The molecule has 0 fully saturated rings. The highest BCUT2D eigenvalue weighted by atomic mass is 19.1. The smallest absolute Gasteiger partial charge is 0.132 e. The Morgan fingerprint density at radius 3 is 2.50 bits per heavy atom. The van der Waals surface area contributed by atoms with E-state index in [0.717, 1.165) is 16.8 Å². The van der Waals surface area contributed by atoms with Gasteiger partial charge in [-0.15, -0.1) is 0 Å². The molecule has 7 heteroatoms. The standard InChI is InChI=1S/C19H14F2N4O/c1-26-15-2-3-16-11(8-15)9-18(23-17-4-5-22-25-17)24-19(16)12-6-13(20)10-14(21)7-12/h2-10H,1H3,(H2,22,23,24,25). The van der Waals surface area contributed by atoms with E-state index in [1.54, 1.807) is 25.4 Å². The molecule has 2 aromatic heterocycles. The number of aromatic amines is 1. The fourth-order valence-electron chi connectivity index (χ4n) is 2.80. The van der Waals surface area contributed by atoms with Crippen LogP contribution in [0.2, 0.25) is 0 Å². The minimum atomic E-state index is -0.657. The van der Waals surface area contributed by atoms with Gasteiger partial charge in [-0.25, -0.2) is 13.8 Å². The molecular formula is C19H14F2N4O. The van der Waals surface area contributed by atoms with E-state index in [-0.39, 0.29) is 0 Å². The molecule has 130 valence electrons. The summed E-state index contributed by atoms with van der Waals surface area (Å²) in [5.41, 5.74) is 0.816. The van der Waals surface area contributed by atoms with Crippen molar-refractivity contribution in [2.75, 3.05) is 12.4 Å². The Kier molecular flexibility index (Phi) is 3.96. The van der Waals surface area contributed by atoms with Crippen molar-refractivity contribution >= 4 is 22.4 Å². The largest absolute Gasteiger partial charge is 0.497 e. The number of ether oxygens (including phenoxy) is 1. The number of pyridine rings is 1. The minimum absolute atomic E-state index is 0.353. The maximum absolute atomic E-state index is 13.7. The second-order valence-electron chi connectivity index (χ2n) is 5.70. The van der Waals surface area contributed by atoms with Crippen LogP contribution in [-0.4, -0.2) is 22.3 Å². The number of nitrogens with zero attached hydrogens (tertiary/aromatic N) is 2. The summed E-state index contributed by atoms with van der Waals surface area (Å²) in [6, 6.07) is 12.4. The Hall–Kier alpha value is -3.48. The molecule has 0 saturated heterocycles. The maximum Gasteiger partial charge on any atom is 0.132 e. The van der Waals surface area contributed by atoms with Crippen molar-refractivity contribution in [1.29, 1.82) is 0 Å². The normalized spacial score (nSPS) is 10.9. The van der Waals surface area contributed by atoms with Crippen LogP contribution < -0.4 is 10.1 Å². The van der Waals surface area contributed by atoms with Crippen molar-refractivity contribution in [2.45, 2.75) is 0 Å². The topological polar surface area (TPSA) is 62.8 Å². The molecule has 4 aromatic rings. The highest BCUT2D eigenvalue weighted by molar-refractivity contribution is 5.97. The average Bonchev–Trinajstić information content (AvgIpc) is 3.12. The second-order valence-corrected chi connectivity index (χ2v) is 5.70. The van der Waals surface area contributed by atoms with Crippen LogP contribution in [-0.2, 0) is 0 Å². The van der Waals surface area contributed by atoms with Crippen molar-refractivity contribution < 1.29 is 13.5 Å². The molecule has 2 heterocycles. The Morgan fingerprint density at radius 1 is 1.00 bits per heavy atom. The Morgan fingerprint density at radius 2 is 1.81 bits per heavy atom. The predicted molar refractivity (Wildman–Crippen MR) is 95.5 cm³/mol. The van der Waals surface area contributed by atoms with Gasteiger partial charge in [0.2, 0.25) is 0 Å². The number of aromatic nitrogens is 3. The third kappa shape index (κ3) is 3.06. The first-order chi connectivity index (χ1) is 12.6. The van der Waals surface area contributed by atoms with Crippen LogP contribution in [0.25, 0.3) is 22.0 Å². The summed E-state index contributed by atoms with van der Waals surface area (Å²) in [6.07, 6.45) is 1.61. The number of halogens is 2. The first-order valence-corrected chi connectivity index (χ1v) is 7.84. The number of hydrogen-bond acceptors (Lipinski definition) is 4. The van der Waals surface area contributed by atoms with Crippen molar-refractivity contribution in [3.05, 3.63) is 66.4 Å². The number of methoxy groups -OCH3 is 1. The van der Waals surface area contributed by atoms with E-state index in [2.05, 4.69) is 20.5 Å². The zero-order valence-corrected chi connectivity index (χ0v) is 13.8. The number of benzene rings is 2. The molecule has 0 aliphatic heterocycles. The van der Waals surface area contributed by atoms with Crippen molar-refractivity contribution in [3.63, 3.8) is 0 Å². The van der Waals surface area contributed by atoms with Gasteiger partial charge in [0.05, 0.1) is 19.0 Å². The van der Waals surface area contributed by atoms with E-state index >= 15 is 0 Å². The van der Waals surface area contributed by atoms with E-state index < -0.39 is 11.6 Å². The van der Waals surface area contributed by atoms with E-state index in [1.165, 1.54) is 12.1 Å². The monoisotopic (exact) mass is 352 g/mol. The van der Waals surface area contributed by atoms with E-state index in [1.807, 2.05) is 18.2 Å². The highest BCUT2D eigenvalue weighted by Gasteiger charge is 2.12. The third-order valence-corrected chi connectivity index (χ3v) is 3.94. The minimum Gasteiger partial charge on any atom is -0.497 e. The van der Waals surface area contributed by atoms with Gasteiger partial charge in [-0.2, -0.15) is 5.10 Å². The first kappa shape index (κ1) is 16.0. The summed E-state index contributed by atoms with van der Waals surface area (Å²) >= 11 is 0. The molecule has 0 radical (unpaired) electrons. The molecule has 0 atom stereocenters. The molecule has 26 heavy (non-hydrogen) atoms. The molecule has 0 unspecified atom stereocenters. The van der Waals surface area contributed by atoms with Crippen molar-refractivity contribution in [2.24, 2.45) is 0 Å². The van der Waals surface area contributed by atoms with Crippen LogP contribution >= 0.6 is 0 Å². The van der Waals surface area contributed by atoms with E-state index in [0.29, 0.717) is 28.6 Å². The zero-order valence-electron chi connectivity index (χ0n) is 13.8. The van der Waals surface area contributed by atoms with E-state index in [4.69, 9.17) is 4.74 Å². The van der Waals surface area contributed by atoms with Crippen LogP contribution in [0, 0.1) is 11.6 Å². The SMILES string of the molecule is COc1ccc2c(-c3cc(F)cc(F)c3)nc(Nc3ccn[nH]3)cc2c1. The van der Waals surface area contributed by atoms with Crippen LogP contribution in [0.5, 0.6) is 5.75 Å². The Bertz CT molecular complexity index is 1060. The number of rotatable bonds is 4. The lowest BCUT2D eigenvalue weighted by Crippen LogP contribution is -1.97. The Balaban J connectivity index is 1.93. The number of nitrogens with one attached hydrogen (secondary N) is 2. The summed E-state index contributed by atoms with van der Waals surface area (Å²) in [7, 11) is 1.58. The van der Waals surface area contributed by atoms with Crippen LogP contribution in [0.4, 0.5) is 20.4 Å². The summed E-state index contributed by atoms with van der Waals surface area (Å²) in [4.78, 5) is 4.55. The Labute approximate surface area is 147 Å². The van der Waals surface area contributed by atoms with Crippen molar-refractivity contribution in [1.82, 2.24) is 15.2 Å². The number of hydrogen-bond donors (Lipinski definition) is 2. The second kappa shape index (κ2) is 6.44. The summed E-state index contributed by atoms with van der Waals surface area (Å²) in [6.45, 7) is 0. The average molecular weight is 352 g/mol. The third-order valence-electron chi connectivity index (χ3n) is 3.94. The lowest BCUT2D eigenvalue weighted by molar-refractivity contribution is 0.415. The summed E-state index contributed by atoms with van der Waals surface area (Å²) in [5.74, 6) is 0.518. The lowest BCUT2D eigenvalue weighted by atomic mass is 10.0. The fraction of sp³-hybridized carbons (Fsp3) is 0.0526. The molecule has 0 saturated carbocycles. The highest BCUT2D eigenvalue weighted by Crippen LogP contribution is 2.33. The molecule has 2 aromatic carbocycles. The van der Waals surface area contributed by atoms with Crippen LogP contribution in [0.1, 0.15) is 0 Å². The molecular weight excluding hydrogens is 338 g/mol.